The van der Waals surface area contributed by atoms with E-state index in [9.17, 15) is 26.7 Å². The fourth-order valence-corrected chi connectivity index (χ4v) is 5.28. The first-order valence-corrected chi connectivity index (χ1v) is 13.8. The molecule has 1 aliphatic rings. The van der Waals surface area contributed by atoms with Crippen LogP contribution in [0, 0.1) is 5.92 Å². The Balaban J connectivity index is 2.16. The number of benzene rings is 1. The second-order valence-electron chi connectivity index (χ2n) is 8.76. The molecular weight excluding hydrogens is 468 g/mol. The van der Waals surface area contributed by atoms with E-state index in [-0.39, 0.29) is 44.9 Å². The highest BCUT2D eigenvalue weighted by molar-refractivity contribution is 7.94. The van der Waals surface area contributed by atoms with Gasteiger partial charge in [-0.1, -0.05) is 27.7 Å². The number of nitrogens with zero attached hydrogens (tertiary/aromatic N) is 2. The molecule has 1 aromatic carbocycles. The number of nitrogens with one attached hydrogen (secondary N) is 2. The number of aromatic hydroxyl groups is 1. The molecule has 0 radical (unpaired) electrons. The van der Waals surface area contributed by atoms with Crippen LogP contribution in [0.2, 0.25) is 0 Å². The number of sulfonamides is 1. The lowest BCUT2D eigenvalue weighted by atomic mass is 10.0. The third-order valence-electron chi connectivity index (χ3n) is 5.02. The zero-order valence-electron chi connectivity index (χ0n) is 19.1. The zero-order valence-corrected chi connectivity index (χ0v) is 20.7. The van der Waals surface area contributed by atoms with Crippen LogP contribution >= 0.6 is 0 Å². The molecule has 180 valence electrons. The van der Waals surface area contributed by atoms with Crippen LogP contribution in [-0.2, 0) is 26.4 Å². The van der Waals surface area contributed by atoms with E-state index >= 15 is 0 Å². The molecule has 0 spiro atoms. The molecule has 0 unspecified atom stereocenters. The highest BCUT2D eigenvalue weighted by Crippen LogP contribution is 2.37. The van der Waals surface area contributed by atoms with Gasteiger partial charge in [-0.15, -0.1) is 0 Å². The third-order valence-corrected chi connectivity index (χ3v) is 7.13. The highest BCUT2D eigenvalue weighted by atomic mass is 32.2. The van der Waals surface area contributed by atoms with Crippen molar-refractivity contribution in [2.24, 2.45) is 5.92 Å². The summed E-state index contributed by atoms with van der Waals surface area (Å²) in [6.07, 6.45) is 1.64. The molecule has 0 atom stereocenters. The summed E-state index contributed by atoms with van der Waals surface area (Å²) in [7, 11) is -7.66. The summed E-state index contributed by atoms with van der Waals surface area (Å²) in [6.45, 7) is 7.97. The van der Waals surface area contributed by atoms with Gasteiger partial charge in [0.25, 0.3) is 5.56 Å². The Hall–Kier alpha value is -2.86. The van der Waals surface area contributed by atoms with Crippen molar-refractivity contribution in [2.45, 2.75) is 51.5 Å². The Morgan fingerprint density at radius 3 is 2.45 bits per heavy atom. The third kappa shape index (κ3) is 5.38. The smallest absolute Gasteiger partial charge is 0.279 e. The van der Waals surface area contributed by atoms with Crippen LogP contribution in [0.5, 0.6) is 5.75 Å². The first kappa shape index (κ1) is 24.8. The monoisotopic (exact) mass is 496 g/mol. The largest absolute Gasteiger partial charge is 0.505 e. The first-order chi connectivity index (χ1) is 15.2. The molecule has 0 amide bonds. The summed E-state index contributed by atoms with van der Waals surface area (Å²) in [6, 6.07) is 3.99. The van der Waals surface area contributed by atoms with Gasteiger partial charge in [0.05, 0.1) is 27.9 Å². The molecular formula is C21H28N4O6S2. The lowest BCUT2D eigenvalue weighted by Gasteiger charge is -2.22. The Morgan fingerprint density at radius 1 is 1.21 bits per heavy atom. The molecule has 0 saturated heterocycles. The summed E-state index contributed by atoms with van der Waals surface area (Å²) in [4.78, 5) is 13.0. The van der Waals surface area contributed by atoms with Crippen molar-refractivity contribution in [2.75, 3.05) is 16.3 Å². The number of rotatable bonds is 7. The van der Waals surface area contributed by atoms with E-state index in [4.69, 9.17) is 0 Å². The van der Waals surface area contributed by atoms with Crippen LogP contribution < -0.4 is 15.6 Å². The molecule has 3 N–H and O–H groups in total. The van der Waals surface area contributed by atoms with Gasteiger partial charge in [-0.3, -0.25) is 9.52 Å². The average molecular weight is 497 g/mol. The topological polar surface area (TPSA) is 147 Å². The summed E-state index contributed by atoms with van der Waals surface area (Å²) < 4.78 is 52.5. The van der Waals surface area contributed by atoms with Crippen molar-refractivity contribution in [1.29, 1.82) is 0 Å². The molecule has 3 rings (SSSR count). The minimum atomic E-state index is -4.06. The van der Waals surface area contributed by atoms with Crippen LogP contribution in [-0.4, -0.2) is 38.0 Å². The highest BCUT2D eigenvalue weighted by Gasteiger charge is 2.29. The van der Waals surface area contributed by atoms with Gasteiger partial charge in [-0.2, -0.15) is 5.10 Å². The van der Waals surface area contributed by atoms with Gasteiger partial charge >= 0.3 is 0 Å². The van der Waals surface area contributed by atoms with E-state index < -0.39 is 25.4 Å². The number of aromatic nitrogens is 2. The van der Waals surface area contributed by atoms with Crippen LogP contribution in [0.25, 0.3) is 5.70 Å². The van der Waals surface area contributed by atoms with Gasteiger partial charge < -0.3 is 10.4 Å². The lowest BCUT2D eigenvalue weighted by molar-refractivity contribution is 0.423. The number of sulfone groups is 1. The maximum atomic E-state index is 13.2. The van der Waals surface area contributed by atoms with Gasteiger partial charge in [0.15, 0.2) is 5.75 Å². The van der Waals surface area contributed by atoms with Crippen molar-refractivity contribution >= 4 is 36.9 Å². The molecule has 0 saturated carbocycles. The molecule has 0 fully saturated rings. The number of aryl methyl sites for hydroxylation is 1. The van der Waals surface area contributed by atoms with Crippen molar-refractivity contribution < 1.29 is 21.9 Å². The summed E-state index contributed by atoms with van der Waals surface area (Å²) in [5, 5.41) is 18.9. The molecule has 12 heteroatoms. The first-order valence-electron chi connectivity index (χ1n) is 10.4. The maximum Gasteiger partial charge on any atom is 0.279 e. The molecule has 0 bridgehead atoms. The Bertz CT molecular complexity index is 1390. The molecule has 0 aliphatic carbocycles. The quantitative estimate of drug-likeness (QED) is 0.530. The molecule has 2 aromatic rings. The number of fused-ring (bicyclic) bond motifs is 1. The van der Waals surface area contributed by atoms with Gasteiger partial charge in [-0.05, 0) is 30.5 Å². The van der Waals surface area contributed by atoms with E-state index in [1.165, 1.54) is 22.9 Å². The Kier molecular flexibility index (Phi) is 6.62. The van der Waals surface area contributed by atoms with Gasteiger partial charge in [-0.25, -0.2) is 21.5 Å². The predicted molar refractivity (Wildman–Crippen MR) is 127 cm³/mol. The minimum absolute atomic E-state index is 0.0728. The number of hydrogen-bond donors (Lipinski definition) is 3. The standard InChI is InChI=1S/C21H28N4O6S2/c1-12(2)8-9-25-21(27)18(20(26)19(23-25)13(3)4)16-11-33(30,31)17-10-14(24-32(5,28)29)6-7-15(17)22-16/h6-7,10-13,22,24,26H,8-9H2,1-5H3. The predicted octanol–water partition coefficient (Wildman–Crippen LogP) is 2.69. The average Bonchev–Trinajstić information content (AvgIpc) is 2.66. The SMILES string of the molecule is CC(C)CCn1nc(C(C)C)c(O)c(C2=CS(=O)(=O)c3cc(NS(C)(=O)=O)ccc3N2)c1=O. The minimum Gasteiger partial charge on any atom is -0.505 e. The fourth-order valence-electron chi connectivity index (χ4n) is 3.40. The van der Waals surface area contributed by atoms with E-state index in [1.54, 1.807) is 0 Å². The van der Waals surface area contributed by atoms with Gasteiger partial charge in [0, 0.05) is 18.2 Å². The van der Waals surface area contributed by atoms with E-state index in [0.717, 1.165) is 11.7 Å². The summed E-state index contributed by atoms with van der Waals surface area (Å²) in [5.74, 6) is -0.275. The van der Waals surface area contributed by atoms with Crippen LogP contribution in [0.4, 0.5) is 11.4 Å². The van der Waals surface area contributed by atoms with Gasteiger partial charge in [0.2, 0.25) is 19.9 Å². The van der Waals surface area contributed by atoms with Crippen LogP contribution in [0.15, 0.2) is 33.3 Å². The van der Waals surface area contributed by atoms with E-state index in [0.29, 0.717) is 18.9 Å². The van der Waals surface area contributed by atoms with E-state index in [2.05, 4.69) is 15.1 Å². The Labute approximate surface area is 193 Å². The molecule has 1 aromatic heterocycles. The normalized spacial score (nSPS) is 15.2. The second-order valence-corrected chi connectivity index (χ2v) is 12.3. The number of hydrogen-bond acceptors (Lipinski definition) is 8. The van der Waals surface area contributed by atoms with Crippen LogP contribution in [0.1, 0.15) is 51.3 Å². The molecule has 10 nitrogen and oxygen atoms in total. The van der Waals surface area contributed by atoms with Crippen LogP contribution in [0.3, 0.4) is 0 Å². The van der Waals surface area contributed by atoms with Crippen molar-refractivity contribution in [3.8, 4) is 5.75 Å². The molecule has 1 aliphatic heterocycles. The van der Waals surface area contributed by atoms with Crippen molar-refractivity contribution in [3.05, 3.63) is 45.2 Å². The number of anilines is 2. The lowest BCUT2D eigenvalue weighted by Crippen LogP contribution is -2.30. The maximum absolute atomic E-state index is 13.2. The molecule has 2 heterocycles. The van der Waals surface area contributed by atoms with Gasteiger partial charge in [0.1, 0.15) is 11.3 Å². The molecule has 33 heavy (non-hydrogen) atoms. The Morgan fingerprint density at radius 2 is 1.88 bits per heavy atom. The second kappa shape index (κ2) is 8.82. The summed E-state index contributed by atoms with van der Waals surface area (Å²) >= 11 is 0. The zero-order chi connectivity index (χ0) is 24.7. The fraction of sp³-hybridized carbons (Fsp3) is 0.429. The summed E-state index contributed by atoms with van der Waals surface area (Å²) in [5.41, 5.74) is -0.330. The van der Waals surface area contributed by atoms with E-state index in [1.807, 2.05) is 27.7 Å². The van der Waals surface area contributed by atoms with Crippen molar-refractivity contribution in [3.63, 3.8) is 0 Å². The van der Waals surface area contributed by atoms with Crippen molar-refractivity contribution in [1.82, 2.24) is 9.78 Å².